The number of benzene rings is 2. The van der Waals surface area contributed by atoms with Gasteiger partial charge in [-0.1, -0.05) is 0 Å². The van der Waals surface area contributed by atoms with Gasteiger partial charge in [0.2, 0.25) is 0 Å². The average Bonchev–Trinajstić information content (AvgIpc) is 2.67. The summed E-state index contributed by atoms with van der Waals surface area (Å²) in [6.45, 7) is 2.62. The summed E-state index contributed by atoms with van der Waals surface area (Å²) in [6.07, 6.45) is -4.54. The molecule has 1 saturated heterocycles. The van der Waals surface area contributed by atoms with Crippen LogP contribution in [-0.4, -0.2) is 33.3 Å². The fraction of sp³-hybridized carbons (Fsp3) is 0.316. The lowest BCUT2D eigenvalue weighted by Crippen LogP contribution is -2.46. The molecule has 0 aliphatic carbocycles. The van der Waals surface area contributed by atoms with Crippen molar-refractivity contribution in [1.82, 2.24) is 0 Å². The van der Waals surface area contributed by atoms with Crippen molar-refractivity contribution in [2.24, 2.45) is 0 Å². The van der Waals surface area contributed by atoms with Crippen LogP contribution >= 0.6 is 0 Å². The summed E-state index contributed by atoms with van der Waals surface area (Å²) in [4.78, 5) is 4.10. The first-order chi connectivity index (χ1) is 12.4. The number of halogens is 3. The molecule has 0 atom stereocenters. The zero-order valence-corrected chi connectivity index (χ0v) is 14.3. The maximum absolute atomic E-state index is 13.1. The van der Waals surface area contributed by atoms with E-state index in [1.54, 1.807) is 19.2 Å². The molecule has 136 valence electrons. The molecule has 1 fully saturated rings. The van der Waals surface area contributed by atoms with Crippen molar-refractivity contribution in [3.63, 3.8) is 0 Å². The second kappa shape index (κ2) is 7.16. The molecule has 0 spiro atoms. The largest absolute Gasteiger partial charge is 0.497 e. The highest BCUT2D eigenvalue weighted by Gasteiger charge is 2.34. The summed E-state index contributed by atoms with van der Waals surface area (Å²) >= 11 is 0. The van der Waals surface area contributed by atoms with E-state index < -0.39 is 11.7 Å². The molecule has 7 heteroatoms. The van der Waals surface area contributed by atoms with Gasteiger partial charge in [-0.15, -0.1) is 0 Å². The lowest BCUT2D eigenvalue weighted by molar-refractivity contribution is -0.137. The highest BCUT2D eigenvalue weighted by atomic mass is 19.4. The Balaban J connectivity index is 1.72. The zero-order chi connectivity index (χ0) is 18.7. The van der Waals surface area contributed by atoms with Crippen molar-refractivity contribution in [2.45, 2.75) is 6.18 Å². The SMILES string of the molecule is COc1ccc(N2CCN(c3ccc(C#N)c(C(F)(F)F)c3)CC2)cc1. The number of methoxy groups -OCH3 is 1. The van der Waals surface area contributed by atoms with Crippen LogP contribution < -0.4 is 14.5 Å². The lowest BCUT2D eigenvalue weighted by atomic mass is 10.1. The van der Waals surface area contributed by atoms with E-state index in [-0.39, 0.29) is 5.56 Å². The number of ether oxygens (including phenoxy) is 1. The molecule has 26 heavy (non-hydrogen) atoms. The minimum atomic E-state index is -4.54. The predicted octanol–water partition coefficient (Wildman–Crippen LogP) is 3.91. The van der Waals surface area contributed by atoms with Crippen molar-refractivity contribution >= 4 is 11.4 Å². The van der Waals surface area contributed by atoms with Crippen LogP contribution in [0.2, 0.25) is 0 Å². The second-order valence-electron chi connectivity index (χ2n) is 6.01. The molecule has 1 aliphatic heterocycles. The number of piperazine rings is 1. The van der Waals surface area contributed by atoms with Gasteiger partial charge in [-0.2, -0.15) is 18.4 Å². The van der Waals surface area contributed by atoms with Crippen molar-refractivity contribution in [1.29, 1.82) is 5.26 Å². The fourth-order valence-corrected chi connectivity index (χ4v) is 3.08. The molecule has 0 N–H and O–H groups in total. The van der Waals surface area contributed by atoms with Crippen molar-refractivity contribution < 1.29 is 17.9 Å². The summed E-state index contributed by atoms with van der Waals surface area (Å²) in [7, 11) is 1.61. The van der Waals surface area contributed by atoms with E-state index in [4.69, 9.17) is 10.00 Å². The molecule has 4 nitrogen and oxygen atoms in total. The fourth-order valence-electron chi connectivity index (χ4n) is 3.08. The minimum absolute atomic E-state index is 0.349. The van der Waals surface area contributed by atoms with Crippen LogP contribution in [0.4, 0.5) is 24.5 Å². The summed E-state index contributed by atoms with van der Waals surface area (Å²) in [6, 6.07) is 13.2. The zero-order valence-electron chi connectivity index (χ0n) is 14.3. The molecular formula is C19H18F3N3O. The number of hydrogen-bond donors (Lipinski definition) is 0. The van der Waals surface area contributed by atoms with Crippen molar-refractivity contribution in [3.8, 4) is 11.8 Å². The highest BCUT2D eigenvalue weighted by Crippen LogP contribution is 2.34. The Hall–Kier alpha value is -2.88. The van der Waals surface area contributed by atoms with Crippen LogP contribution in [0.25, 0.3) is 0 Å². The molecule has 2 aromatic carbocycles. The summed E-state index contributed by atoms with van der Waals surface area (Å²) in [5.41, 5.74) is 0.320. The molecule has 0 unspecified atom stereocenters. The molecule has 0 bridgehead atoms. The van der Waals surface area contributed by atoms with Gasteiger partial charge < -0.3 is 14.5 Å². The molecule has 3 rings (SSSR count). The smallest absolute Gasteiger partial charge is 0.417 e. The Morgan fingerprint density at radius 2 is 1.46 bits per heavy atom. The number of nitriles is 1. The Morgan fingerprint density at radius 3 is 1.96 bits per heavy atom. The molecule has 0 amide bonds. The van der Waals surface area contributed by atoms with Gasteiger partial charge in [-0.3, -0.25) is 0 Å². The van der Waals surface area contributed by atoms with Gasteiger partial charge in [0.25, 0.3) is 0 Å². The van der Waals surface area contributed by atoms with Crippen molar-refractivity contribution in [2.75, 3.05) is 43.1 Å². The maximum atomic E-state index is 13.1. The average molecular weight is 361 g/mol. The molecule has 1 aliphatic rings. The normalized spacial score (nSPS) is 14.9. The summed E-state index contributed by atoms with van der Waals surface area (Å²) in [5, 5.41) is 8.90. The van der Waals surface area contributed by atoms with Crippen LogP contribution in [0.5, 0.6) is 5.75 Å². The third-order valence-corrected chi connectivity index (χ3v) is 4.51. The molecule has 0 saturated carbocycles. The molecule has 2 aromatic rings. The van der Waals surface area contributed by atoms with E-state index >= 15 is 0 Å². The lowest BCUT2D eigenvalue weighted by Gasteiger charge is -2.37. The third kappa shape index (κ3) is 3.69. The minimum Gasteiger partial charge on any atom is -0.497 e. The Labute approximate surface area is 150 Å². The summed E-state index contributed by atoms with van der Waals surface area (Å²) in [5.74, 6) is 0.782. The predicted molar refractivity (Wildman–Crippen MR) is 93.6 cm³/mol. The van der Waals surface area contributed by atoms with Crippen molar-refractivity contribution in [3.05, 3.63) is 53.6 Å². The number of anilines is 2. The van der Waals surface area contributed by atoms with E-state index in [0.29, 0.717) is 31.9 Å². The molecular weight excluding hydrogens is 343 g/mol. The molecule has 0 radical (unpaired) electrons. The monoisotopic (exact) mass is 361 g/mol. The van der Waals surface area contributed by atoms with Gasteiger partial charge in [0.15, 0.2) is 0 Å². The number of nitrogens with zero attached hydrogens (tertiary/aromatic N) is 3. The van der Waals surface area contributed by atoms with Gasteiger partial charge in [0.05, 0.1) is 24.3 Å². The Kier molecular flexibility index (Phi) is 4.94. The van der Waals surface area contributed by atoms with Crippen LogP contribution in [0.3, 0.4) is 0 Å². The van der Waals surface area contributed by atoms with Gasteiger partial charge in [0, 0.05) is 37.6 Å². The van der Waals surface area contributed by atoms with Gasteiger partial charge in [0.1, 0.15) is 5.75 Å². The van der Waals surface area contributed by atoms with Gasteiger partial charge in [-0.25, -0.2) is 0 Å². The van der Waals surface area contributed by atoms with E-state index in [9.17, 15) is 13.2 Å². The second-order valence-corrected chi connectivity index (χ2v) is 6.01. The van der Waals surface area contributed by atoms with Gasteiger partial charge in [-0.05, 0) is 42.5 Å². The number of hydrogen-bond acceptors (Lipinski definition) is 4. The van der Waals surface area contributed by atoms with Crippen LogP contribution in [0.1, 0.15) is 11.1 Å². The first-order valence-corrected chi connectivity index (χ1v) is 8.17. The number of alkyl halides is 3. The van der Waals surface area contributed by atoms with E-state index in [0.717, 1.165) is 17.5 Å². The van der Waals surface area contributed by atoms with Crippen LogP contribution in [0.15, 0.2) is 42.5 Å². The Bertz CT molecular complexity index is 804. The van der Waals surface area contributed by atoms with Crippen LogP contribution in [-0.2, 0) is 6.18 Å². The van der Waals surface area contributed by atoms with E-state index in [1.165, 1.54) is 6.07 Å². The molecule has 1 heterocycles. The van der Waals surface area contributed by atoms with Gasteiger partial charge >= 0.3 is 6.18 Å². The number of rotatable bonds is 3. The summed E-state index contributed by atoms with van der Waals surface area (Å²) < 4.78 is 44.6. The van der Waals surface area contributed by atoms with E-state index in [1.807, 2.05) is 29.2 Å². The quantitative estimate of drug-likeness (QED) is 0.831. The standard InChI is InChI=1S/C19H18F3N3O/c1-26-17-6-4-15(5-7-17)24-8-10-25(11-9-24)16-3-2-14(13-23)18(12-16)19(20,21)22/h2-7,12H,8-11H2,1H3. The Morgan fingerprint density at radius 1 is 0.923 bits per heavy atom. The first-order valence-electron chi connectivity index (χ1n) is 8.17. The topological polar surface area (TPSA) is 39.5 Å². The third-order valence-electron chi connectivity index (χ3n) is 4.51. The highest BCUT2D eigenvalue weighted by molar-refractivity contribution is 5.57. The van der Waals surface area contributed by atoms with E-state index in [2.05, 4.69) is 4.90 Å². The maximum Gasteiger partial charge on any atom is 0.417 e. The van der Waals surface area contributed by atoms with Crippen LogP contribution in [0, 0.1) is 11.3 Å². The first kappa shape index (κ1) is 17.9. The molecule has 0 aromatic heterocycles.